The minimum absolute atomic E-state index is 0.241. The van der Waals surface area contributed by atoms with Crippen molar-refractivity contribution in [3.05, 3.63) is 80.3 Å². The van der Waals surface area contributed by atoms with Crippen molar-refractivity contribution in [3.8, 4) is 0 Å². The molecule has 4 rings (SSSR count). The second kappa shape index (κ2) is 7.50. The lowest BCUT2D eigenvalue weighted by molar-refractivity contribution is 0.0921. The third-order valence-corrected chi connectivity index (χ3v) is 5.97. The largest absolute Gasteiger partial charge is 0.344 e. The Morgan fingerprint density at radius 1 is 1.03 bits per heavy atom. The van der Waals surface area contributed by atoms with Gasteiger partial charge in [-0.1, -0.05) is 12.1 Å². The number of carbonyl (C=O) groups is 3. The first-order valence-electron chi connectivity index (χ1n) is 9.59. The van der Waals surface area contributed by atoms with Crippen LogP contribution in [0.3, 0.4) is 0 Å². The fourth-order valence-electron chi connectivity index (χ4n) is 3.49. The highest BCUT2D eigenvalue weighted by molar-refractivity contribution is 7.09. The first kappa shape index (κ1) is 20.0. The van der Waals surface area contributed by atoms with E-state index in [4.69, 9.17) is 0 Å². The van der Waals surface area contributed by atoms with Crippen LogP contribution in [-0.2, 0) is 0 Å². The van der Waals surface area contributed by atoms with E-state index in [1.54, 1.807) is 12.1 Å². The van der Waals surface area contributed by atoms with Gasteiger partial charge in [0.25, 0.3) is 17.7 Å². The van der Waals surface area contributed by atoms with Gasteiger partial charge in [-0.05, 0) is 63.1 Å². The van der Waals surface area contributed by atoms with Crippen LogP contribution in [0.2, 0.25) is 0 Å². The standard InChI is InChI=1S/C23H21N3O3S/c1-12-5-6-13(2)20(9-12)26-22(28)17-8-7-16(10-18(17)23(26)29)21(27)24-14(3)19-11-30-15(4)25-19/h5-11,14H,1-4H3,(H,24,27). The summed E-state index contributed by atoms with van der Waals surface area (Å²) in [5.74, 6) is -1.11. The zero-order valence-electron chi connectivity index (χ0n) is 17.1. The van der Waals surface area contributed by atoms with Crippen LogP contribution in [0.15, 0.2) is 41.8 Å². The van der Waals surface area contributed by atoms with E-state index >= 15 is 0 Å². The maximum absolute atomic E-state index is 13.1. The Labute approximate surface area is 178 Å². The number of aryl methyl sites for hydroxylation is 3. The topological polar surface area (TPSA) is 79.4 Å². The maximum Gasteiger partial charge on any atom is 0.266 e. The first-order chi connectivity index (χ1) is 14.3. The molecule has 3 amide bonds. The highest BCUT2D eigenvalue weighted by atomic mass is 32.1. The van der Waals surface area contributed by atoms with E-state index in [2.05, 4.69) is 10.3 Å². The number of amides is 3. The molecule has 2 heterocycles. The summed E-state index contributed by atoms with van der Waals surface area (Å²) in [4.78, 5) is 44.3. The zero-order valence-corrected chi connectivity index (χ0v) is 18.0. The van der Waals surface area contributed by atoms with Crippen molar-refractivity contribution >= 4 is 34.7 Å². The molecule has 0 fully saturated rings. The third kappa shape index (κ3) is 3.41. The van der Waals surface area contributed by atoms with Crippen LogP contribution in [0.25, 0.3) is 0 Å². The van der Waals surface area contributed by atoms with Crippen LogP contribution >= 0.6 is 11.3 Å². The summed E-state index contributed by atoms with van der Waals surface area (Å²) in [7, 11) is 0. The smallest absolute Gasteiger partial charge is 0.266 e. The molecule has 0 bridgehead atoms. The number of nitrogens with one attached hydrogen (secondary N) is 1. The van der Waals surface area contributed by atoms with Gasteiger partial charge < -0.3 is 5.32 Å². The van der Waals surface area contributed by atoms with Crippen LogP contribution in [-0.4, -0.2) is 22.7 Å². The Balaban J connectivity index is 1.61. The van der Waals surface area contributed by atoms with Crippen molar-refractivity contribution in [1.29, 1.82) is 0 Å². The second-order valence-electron chi connectivity index (χ2n) is 7.48. The van der Waals surface area contributed by atoms with Gasteiger partial charge in [-0.25, -0.2) is 9.88 Å². The van der Waals surface area contributed by atoms with E-state index in [9.17, 15) is 14.4 Å². The molecule has 0 radical (unpaired) electrons. The van der Waals surface area contributed by atoms with E-state index < -0.39 is 5.91 Å². The van der Waals surface area contributed by atoms with Crippen molar-refractivity contribution in [2.75, 3.05) is 4.90 Å². The van der Waals surface area contributed by atoms with E-state index in [1.165, 1.54) is 22.3 Å². The molecule has 0 spiro atoms. The fourth-order valence-corrected chi connectivity index (χ4v) is 4.20. The second-order valence-corrected chi connectivity index (χ2v) is 8.54. The number of carbonyl (C=O) groups excluding carboxylic acids is 3. The Bertz CT molecular complexity index is 1200. The first-order valence-corrected chi connectivity index (χ1v) is 10.5. The third-order valence-electron chi connectivity index (χ3n) is 5.18. The van der Waals surface area contributed by atoms with Crippen LogP contribution in [0, 0.1) is 20.8 Å². The van der Waals surface area contributed by atoms with Crippen LogP contribution < -0.4 is 10.2 Å². The molecule has 1 atom stereocenters. The summed E-state index contributed by atoms with van der Waals surface area (Å²) >= 11 is 1.52. The number of hydrogen-bond donors (Lipinski definition) is 1. The fraction of sp³-hybridized carbons (Fsp3) is 0.217. The number of aromatic nitrogens is 1. The molecular formula is C23H21N3O3S. The van der Waals surface area contributed by atoms with Crippen LogP contribution in [0.1, 0.15) is 65.9 Å². The SMILES string of the molecule is Cc1ccc(C)c(N2C(=O)c3ccc(C(=O)NC(C)c4csc(C)n4)cc3C2=O)c1. The van der Waals surface area contributed by atoms with Crippen molar-refractivity contribution in [1.82, 2.24) is 10.3 Å². The Kier molecular flexibility index (Phi) is 4.99. The number of fused-ring (bicyclic) bond motifs is 1. The molecule has 1 aliphatic rings. The zero-order chi connectivity index (χ0) is 21.6. The minimum atomic E-state index is -0.415. The number of rotatable bonds is 4. The molecule has 3 aromatic rings. The average Bonchev–Trinajstić information content (AvgIpc) is 3.25. The maximum atomic E-state index is 13.1. The normalized spacial score (nSPS) is 14.1. The van der Waals surface area contributed by atoms with Gasteiger partial charge in [0.1, 0.15) is 0 Å². The number of thiazole rings is 1. The molecule has 6 nitrogen and oxygen atoms in total. The van der Waals surface area contributed by atoms with Gasteiger partial charge in [-0.3, -0.25) is 14.4 Å². The minimum Gasteiger partial charge on any atom is -0.344 e. The average molecular weight is 420 g/mol. The quantitative estimate of drug-likeness (QED) is 0.637. The van der Waals surface area contributed by atoms with Crippen molar-refractivity contribution in [2.45, 2.75) is 33.7 Å². The summed E-state index contributed by atoms with van der Waals surface area (Å²) < 4.78 is 0. The predicted molar refractivity (Wildman–Crippen MR) is 116 cm³/mol. The van der Waals surface area contributed by atoms with Gasteiger partial charge in [0.05, 0.1) is 33.6 Å². The molecule has 0 saturated carbocycles. The Morgan fingerprint density at radius 3 is 2.47 bits per heavy atom. The molecule has 0 saturated heterocycles. The van der Waals surface area contributed by atoms with E-state index in [-0.39, 0.29) is 23.4 Å². The Hall–Kier alpha value is -3.32. The molecule has 0 aliphatic carbocycles. The van der Waals surface area contributed by atoms with E-state index in [1.807, 2.05) is 51.3 Å². The summed E-state index contributed by atoms with van der Waals surface area (Å²) in [6.07, 6.45) is 0. The molecule has 7 heteroatoms. The van der Waals surface area contributed by atoms with E-state index in [0.29, 0.717) is 16.8 Å². The van der Waals surface area contributed by atoms with Crippen molar-refractivity contribution in [3.63, 3.8) is 0 Å². The number of anilines is 1. The number of nitrogens with zero attached hydrogens (tertiary/aromatic N) is 2. The monoisotopic (exact) mass is 419 g/mol. The highest BCUT2D eigenvalue weighted by Crippen LogP contribution is 2.32. The lowest BCUT2D eigenvalue weighted by atomic mass is 10.0. The molecule has 1 aliphatic heterocycles. The molecular weight excluding hydrogens is 398 g/mol. The predicted octanol–water partition coefficient (Wildman–Crippen LogP) is 4.36. The summed E-state index contributed by atoms with van der Waals surface area (Å²) in [6, 6.07) is 9.99. The highest BCUT2D eigenvalue weighted by Gasteiger charge is 2.37. The number of benzene rings is 2. The summed E-state index contributed by atoms with van der Waals surface area (Å²) in [5, 5.41) is 5.74. The number of imide groups is 1. The van der Waals surface area contributed by atoms with Crippen LogP contribution in [0.5, 0.6) is 0 Å². The lowest BCUT2D eigenvalue weighted by Gasteiger charge is -2.17. The van der Waals surface area contributed by atoms with E-state index in [0.717, 1.165) is 21.8 Å². The molecule has 1 N–H and O–H groups in total. The molecule has 1 unspecified atom stereocenters. The van der Waals surface area contributed by atoms with Crippen molar-refractivity contribution < 1.29 is 14.4 Å². The lowest BCUT2D eigenvalue weighted by Crippen LogP contribution is -2.30. The van der Waals surface area contributed by atoms with Gasteiger partial charge in [0.15, 0.2) is 0 Å². The van der Waals surface area contributed by atoms with Gasteiger partial charge in [0, 0.05) is 10.9 Å². The molecule has 2 aromatic carbocycles. The Morgan fingerprint density at radius 2 is 1.77 bits per heavy atom. The summed E-state index contributed by atoms with van der Waals surface area (Å²) in [5.41, 5.74) is 4.03. The van der Waals surface area contributed by atoms with Crippen molar-refractivity contribution in [2.24, 2.45) is 0 Å². The molecule has 30 heavy (non-hydrogen) atoms. The summed E-state index contributed by atoms with van der Waals surface area (Å²) in [6.45, 7) is 7.54. The van der Waals surface area contributed by atoms with Gasteiger partial charge in [0.2, 0.25) is 0 Å². The van der Waals surface area contributed by atoms with Gasteiger partial charge in [-0.15, -0.1) is 11.3 Å². The van der Waals surface area contributed by atoms with Crippen LogP contribution in [0.4, 0.5) is 5.69 Å². The number of hydrogen-bond acceptors (Lipinski definition) is 5. The molecule has 1 aromatic heterocycles. The van der Waals surface area contributed by atoms with Gasteiger partial charge in [-0.2, -0.15) is 0 Å². The molecule has 152 valence electrons. The van der Waals surface area contributed by atoms with Gasteiger partial charge >= 0.3 is 0 Å².